The van der Waals surface area contributed by atoms with Crippen LogP contribution in [0, 0.1) is 13.8 Å². The van der Waals surface area contributed by atoms with Crippen molar-refractivity contribution in [1.29, 1.82) is 0 Å². The molecule has 3 rings (SSSR count). The minimum atomic E-state index is -0.578. The number of ether oxygens (including phenoxy) is 1. The molecule has 0 saturated carbocycles. The first-order valence-electron chi connectivity index (χ1n) is 9.07. The van der Waals surface area contributed by atoms with Crippen LogP contribution in [-0.4, -0.2) is 37.1 Å². The van der Waals surface area contributed by atoms with Crippen LogP contribution in [0.5, 0.6) is 5.75 Å². The molecular weight excluding hydrogens is 392 g/mol. The maximum Gasteiger partial charge on any atom is 0.332 e. The first-order valence-corrected chi connectivity index (χ1v) is 9.07. The predicted molar refractivity (Wildman–Crippen MR) is 108 cm³/mol. The van der Waals surface area contributed by atoms with Gasteiger partial charge in [-0.05, 0) is 31.0 Å². The van der Waals surface area contributed by atoms with Gasteiger partial charge in [0.25, 0.3) is 17.4 Å². The number of aromatic nitrogens is 4. The summed E-state index contributed by atoms with van der Waals surface area (Å²) in [6.45, 7) is 3.23. The SMILES string of the molecule is Cc1ccc(C)c(OCC(=O)NNC(=O)Cn2cnc3c2c(=O)n(C)c(=O)n3C)c1. The molecule has 30 heavy (non-hydrogen) atoms. The van der Waals surface area contributed by atoms with Crippen LogP contribution in [0.4, 0.5) is 0 Å². The van der Waals surface area contributed by atoms with Gasteiger partial charge in [-0.2, -0.15) is 0 Å². The minimum absolute atomic E-state index is 0.110. The Hall–Kier alpha value is -3.89. The Labute approximate surface area is 170 Å². The van der Waals surface area contributed by atoms with Gasteiger partial charge in [0.15, 0.2) is 17.8 Å². The molecular formula is C19H22N6O5. The summed E-state index contributed by atoms with van der Waals surface area (Å²) in [4.78, 5) is 52.5. The van der Waals surface area contributed by atoms with E-state index in [2.05, 4.69) is 15.8 Å². The van der Waals surface area contributed by atoms with E-state index in [1.807, 2.05) is 32.0 Å². The van der Waals surface area contributed by atoms with Gasteiger partial charge in [0.1, 0.15) is 12.3 Å². The van der Waals surface area contributed by atoms with Crippen LogP contribution in [0.15, 0.2) is 34.1 Å². The summed E-state index contributed by atoms with van der Waals surface area (Å²) >= 11 is 0. The highest BCUT2D eigenvalue weighted by Gasteiger charge is 2.16. The molecule has 0 spiro atoms. The van der Waals surface area contributed by atoms with Gasteiger partial charge in [-0.15, -0.1) is 0 Å². The van der Waals surface area contributed by atoms with Gasteiger partial charge in [0.2, 0.25) is 0 Å². The molecule has 0 radical (unpaired) electrons. The number of hydrazine groups is 1. The van der Waals surface area contributed by atoms with Crippen molar-refractivity contribution in [3.05, 3.63) is 56.5 Å². The van der Waals surface area contributed by atoms with E-state index < -0.39 is 23.1 Å². The molecule has 158 valence electrons. The Kier molecular flexibility index (Phi) is 5.72. The van der Waals surface area contributed by atoms with Gasteiger partial charge in [0, 0.05) is 14.1 Å². The number of carbonyl (C=O) groups excluding carboxylic acids is 2. The number of rotatable bonds is 5. The summed E-state index contributed by atoms with van der Waals surface area (Å²) in [6, 6.07) is 5.65. The summed E-state index contributed by atoms with van der Waals surface area (Å²) in [5.41, 5.74) is 5.61. The summed E-state index contributed by atoms with van der Waals surface area (Å²) in [5.74, 6) is -0.536. The number of imidazole rings is 1. The number of hydrogen-bond donors (Lipinski definition) is 2. The average Bonchev–Trinajstić information content (AvgIpc) is 3.13. The summed E-state index contributed by atoms with van der Waals surface area (Å²) < 4.78 is 8.94. The molecule has 0 aliphatic heterocycles. The Balaban J connectivity index is 1.61. The lowest BCUT2D eigenvalue weighted by Crippen LogP contribution is -2.45. The molecule has 3 aromatic rings. The summed E-state index contributed by atoms with van der Waals surface area (Å²) in [5, 5.41) is 0. The summed E-state index contributed by atoms with van der Waals surface area (Å²) in [7, 11) is 2.83. The number of benzene rings is 1. The second-order valence-electron chi connectivity index (χ2n) is 6.90. The monoisotopic (exact) mass is 414 g/mol. The predicted octanol–water partition coefficient (Wildman–Crippen LogP) is -0.723. The van der Waals surface area contributed by atoms with Crippen LogP contribution < -0.4 is 26.8 Å². The molecule has 2 amide bonds. The molecule has 0 saturated heterocycles. The maximum absolute atomic E-state index is 12.4. The fourth-order valence-electron chi connectivity index (χ4n) is 2.89. The molecule has 2 aromatic heterocycles. The van der Waals surface area contributed by atoms with Crippen molar-refractivity contribution in [3.63, 3.8) is 0 Å². The topological polar surface area (TPSA) is 129 Å². The largest absolute Gasteiger partial charge is 0.483 e. The van der Waals surface area contributed by atoms with Gasteiger partial charge in [-0.1, -0.05) is 12.1 Å². The highest BCUT2D eigenvalue weighted by atomic mass is 16.5. The van der Waals surface area contributed by atoms with Gasteiger partial charge in [-0.3, -0.25) is 34.4 Å². The lowest BCUT2D eigenvalue weighted by atomic mass is 10.1. The second-order valence-corrected chi connectivity index (χ2v) is 6.90. The first-order chi connectivity index (χ1) is 14.2. The van der Waals surface area contributed by atoms with E-state index in [-0.39, 0.29) is 24.3 Å². The second kappa shape index (κ2) is 8.23. The van der Waals surface area contributed by atoms with Crippen molar-refractivity contribution in [2.24, 2.45) is 14.1 Å². The lowest BCUT2D eigenvalue weighted by molar-refractivity contribution is -0.130. The quantitative estimate of drug-likeness (QED) is 0.530. The minimum Gasteiger partial charge on any atom is -0.483 e. The van der Waals surface area contributed by atoms with E-state index in [1.165, 1.54) is 29.6 Å². The average molecular weight is 414 g/mol. The van der Waals surface area contributed by atoms with Crippen molar-refractivity contribution >= 4 is 23.0 Å². The van der Waals surface area contributed by atoms with Crippen LogP contribution in [0.1, 0.15) is 11.1 Å². The number of nitrogens with zero attached hydrogens (tertiary/aromatic N) is 4. The lowest BCUT2D eigenvalue weighted by Gasteiger charge is -2.11. The standard InChI is InChI=1S/C19H22N6O5/c1-11-5-6-12(2)13(7-11)30-9-15(27)22-21-14(26)8-25-10-20-17-16(25)18(28)24(4)19(29)23(17)3/h5-7,10H,8-9H2,1-4H3,(H,21,26)(H,22,27). The highest BCUT2D eigenvalue weighted by molar-refractivity contribution is 5.83. The molecule has 1 aromatic carbocycles. The zero-order chi connectivity index (χ0) is 22.0. The van der Waals surface area contributed by atoms with Gasteiger partial charge < -0.3 is 9.30 Å². The molecule has 11 nitrogen and oxygen atoms in total. The number of fused-ring (bicyclic) bond motifs is 1. The van der Waals surface area contributed by atoms with Crippen molar-refractivity contribution in [2.75, 3.05) is 6.61 Å². The van der Waals surface area contributed by atoms with Crippen LogP contribution in [0.2, 0.25) is 0 Å². The Morgan fingerprint density at radius 1 is 1.07 bits per heavy atom. The molecule has 2 N–H and O–H groups in total. The van der Waals surface area contributed by atoms with E-state index in [9.17, 15) is 19.2 Å². The van der Waals surface area contributed by atoms with Gasteiger partial charge >= 0.3 is 5.69 Å². The van der Waals surface area contributed by atoms with E-state index in [1.54, 1.807) is 0 Å². The van der Waals surface area contributed by atoms with Crippen LogP contribution in [0.25, 0.3) is 11.2 Å². The van der Waals surface area contributed by atoms with Gasteiger partial charge in [-0.25, -0.2) is 9.78 Å². The van der Waals surface area contributed by atoms with Crippen LogP contribution in [0.3, 0.4) is 0 Å². The number of hydrogen-bond acceptors (Lipinski definition) is 6. The number of carbonyl (C=O) groups is 2. The Bertz CT molecular complexity index is 1250. The zero-order valence-electron chi connectivity index (χ0n) is 17.1. The fraction of sp³-hybridized carbons (Fsp3) is 0.316. The zero-order valence-corrected chi connectivity index (χ0v) is 17.1. The van der Waals surface area contributed by atoms with E-state index >= 15 is 0 Å². The summed E-state index contributed by atoms with van der Waals surface area (Å²) in [6.07, 6.45) is 1.29. The van der Waals surface area contributed by atoms with Crippen molar-refractivity contribution in [1.82, 2.24) is 29.5 Å². The Morgan fingerprint density at radius 3 is 2.50 bits per heavy atom. The normalized spacial score (nSPS) is 10.8. The van der Waals surface area contributed by atoms with E-state index in [0.29, 0.717) is 5.75 Å². The van der Waals surface area contributed by atoms with Crippen LogP contribution in [-0.2, 0) is 30.2 Å². The third kappa shape index (κ3) is 4.09. The first kappa shape index (κ1) is 20.8. The van der Waals surface area contributed by atoms with Gasteiger partial charge in [0.05, 0.1) is 6.33 Å². The molecule has 0 atom stereocenters. The molecule has 11 heteroatoms. The fourth-order valence-corrected chi connectivity index (χ4v) is 2.89. The van der Waals surface area contributed by atoms with E-state index in [0.717, 1.165) is 15.7 Å². The number of nitrogens with one attached hydrogen (secondary N) is 2. The smallest absolute Gasteiger partial charge is 0.332 e. The molecule has 0 fully saturated rings. The molecule has 2 heterocycles. The Morgan fingerprint density at radius 2 is 1.77 bits per heavy atom. The van der Waals surface area contributed by atoms with Crippen LogP contribution >= 0.6 is 0 Å². The van der Waals surface area contributed by atoms with E-state index in [4.69, 9.17) is 4.74 Å². The third-order valence-electron chi connectivity index (χ3n) is 4.57. The van der Waals surface area contributed by atoms with Crippen molar-refractivity contribution in [3.8, 4) is 5.75 Å². The van der Waals surface area contributed by atoms with Crippen molar-refractivity contribution < 1.29 is 14.3 Å². The molecule has 0 aliphatic rings. The molecule has 0 aliphatic carbocycles. The van der Waals surface area contributed by atoms with Crippen molar-refractivity contribution in [2.45, 2.75) is 20.4 Å². The number of amides is 2. The molecule has 0 unspecified atom stereocenters. The number of aryl methyl sites for hydroxylation is 3. The molecule has 0 bridgehead atoms. The maximum atomic E-state index is 12.4. The highest BCUT2D eigenvalue weighted by Crippen LogP contribution is 2.18. The third-order valence-corrected chi connectivity index (χ3v) is 4.57.